The molecule has 1 fully saturated rings. The molecule has 1 saturated heterocycles. The minimum Gasteiger partial charge on any atom is -0.497 e. The Balaban J connectivity index is 2.08. The zero-order valence-electron chi connectivity index (χ0n) is 12.7. The van der Waals surface area contributed by atoms with Gasteiger partial charge < -0.3 is 20.1 Å². The van der Waals surface area contributed by atoms with Gasteiger partial charge in [0.25, 0.3) is 0 Å². The second kappa shape index (κ2) is 7.43. The summed E-state index contributed by atoms with van der Waals surface area (Å²) in [4.78, 5) is 14.1. The van der Waals surface area contributed by atoms with E-state index in [-0.39, 0.29) is 12.0 Å². The van der Waals surface area contributed by atoms with E-state index in [4.69, 9.17) is 15.2 Å². The first-order valence-electron chi connectivity index (χ1n) is 7.39. The van der Waals surface area contributed by atoms with Gasteiger partial charge in [0.2, 0.25) is 5.91 Å². The van der Waals surface area contributed by atoms with Gasteiger partial charge in [-0.3, -0.25) is 4.79 Å². The molecule has 1 aromatic carbocycles. The van der Waals surface area contributed by atoms with Crippen molar-refractivity contribution in [3.63, 3.8) is 0 Å². The smallest absolute Gasteiger partial charge is 0.239 e. The van der Waals surface area contributed by atoms with Crippen molar-refractivity contribution in [2.75, 3.05) is 20.3 Å². The van der Waals surface area contributed by atoms with Gasteiger partial charge in [0.1, 0.15) is 5.75 Å². The Morgan fingerprint density at radius 3 is 3.00 bits per heavy atom. The van der Waals surface area contributed by atoms with Crippen molar-refractivity contribution in [1.29, 1.82) is 0 Å². The summed E-state index contributed by atoms with van der Waals surface area (Å²) in [5.74, 6) is 0.742. The number of carbonyl (C=O) groups excluding carboxylic acids is 1. The van der Waals surface area contributed by atoms with Crippen LogP contribution in [0.5, 0.6) is 5.75 Å². The van der Waals surface area contributed by atoms with Gasteiger partial charge in [-0.15, -0.1) is 0 Å². The van der Waals surface area contributed by atoms with Crippen molar-refractivity contribution >= 4 is 5.91 Å². The normalized spacial score (nSPS) is 19.3. The van der Waals surface area contributed by atoms with Crippen LogP contribution in [0.3, 0.4) is 0 Å². The number of rotatable bonds is 6. The molecule has 2 N–H and O–H groups in total. The van der Waals surface area contributed by atoms with Gasteiger partial charge >= 0.3 is 0 Å². The maximum Gasteiger partial charge on any atom is 0.239 e. The standard InChI is InChI=1S/C16H24N2O3/c1-12(17)16(19)18(11-15-7-4-8-21-15)10-13-5-3-6-14(9-13)20-2/h3,5-6,9,12,15H,4,7-8,10-11,17H2,1-2H3/t12-,15?/m0/s1. The average molecular weight is 292 g/mol. The van der Waals surface area contributed by atoms with Crippen molar-refractivity contribution in [1.82, 2.24) is 4.90 Å². The number of benzene rings is 1. The summed E-state index contributed by atoms with van der Waals surface area (Å²) >= 11 is 0. The molecule has 0 aliphatic carbocycles. The average Bonchev–Trinajstić information content (AvgIpc) is 2.99. The highest BCUT2D eigenvalue weighted by atomic mass is 16.5. The summed E-state index contributed by atoms with van der Waals surface area (Å²) in [5, 5.41) is 0. The Kier molecular flexibility index (Phi) is 5.59. The monoisotopic (exact) mass is 292 g/mol. The zero-order valence-corrected chi connectivity index (χ0v) is 12.7. The summed E-state index contributed by atoms with van der Waals surface area (Å²) in [6.07, 6.45) is 2.18. The maximum atomic E-state index is 12.3. The molecule has 1 aromatic rings. The summed E-state index contributed by atoms with van der Waals surface area (Å²) in [6.45, 7) is 3.62. The molecule has 1 aliphatic heterocycles. The molecule has 5 heteroatoms. The molecule has 0 saturated carbocycles. The van der Waals surface area contributed by atoms with Crippen LogP contribution in [0.4, 0.5) is 0 Å². The van der Waals surface area contributed by atoms with Gasteiger partial charge in [0, 0.05) is 19.7 Å². The Morgan fingerprint density at radius 1 is 1.57 bits per heavy atom. The lowest BCUT2D eigenvalue weighted by Crippen LogP contribution is -2.44. The minimum absolute atomic E-state index is 0.0479. The third-order valence-corrected chi connectivity index (χ3v) is 3.66. The van der Waals surface area contributed by atoms with Crippen LogP contribution in [0.1, 0.15) is 25.3 Å². The van der Waals surface area contributed by atoms with Crippen molar-refractivity contribution in [3.05, 3.63) is 29.8 Å². The van der Waals surface area contributed by atoms with E-state index in [0.717, 1.165) is 30.8 Å². The molecule has 21 heavy (non-hydrogen) atoms. The molecule has 116 valence electrons. The number of hydrogen-bond donors (Lipinski definition) is 1. The van der Waals surface area contributed by atoms with E-state index < -0.39 is 6.04 Å². The molecule has 0 bridgehead atoms. The van der Waals surface area contributed by atoms with E-state index >= 15 is 0 Å². The largest absolute Gasteiger partial charge is 0.497 e. The van der Waals surface area contributed by atoms with Crippen LogP contribution in [0.25, 0.3) is 0 Å². The number of nitrogens with two attached hydrogens (primary N) is 1. The first-order valence-corrected chi connectivity index (χ1v) is 7.39. The van der Waals surface area contributed by atoms with Crippen LogP contribution < -0.4 is 10.5 Å². The first-order chi connectivity index (χ1) is 10.1. The molecule has 5 nitrogen and oxygen atoms in total. The lowest BCUT2D eigenvalue weighted by Gasteiger charge is -2.27. The zero-order chi connectivity index (χ0) is 15.2. The molecule has 1 heterocycles. The van der Waals surface area contributed by atoms with E-state index in [1.165, 1.54) is 0 Å². The van der Waals surface area contributed by atoms with Gasteiger partial charge in [0.05, 0.1) is 19.3 Å². The second-order valence-electron chi connectivity index (χ2n) is 5.49. The van der Waals surface area contributed by atoms with Crippen LogP contribution in [0.15, 0.2) is 24.3 Å². The third kappa shape index (κ3) is 4.44. The minimum atomic E-state index is -0.503. The van der Waals surface area contributed by atoms with Gasteiger partial charge in [-0.1, -0.05) is 12.1 Å². The lowest BCUT2D eigenvalue weighted by molar-refractivity contribution is -0.134. The summed E-state index contributed by atoms with van der Waals surface area (Å²) < 4.78 is 10.9. The lowest BCUT2D eigenvalue weighted by atomic mass is 10.1. The van der Waals surface area contributed by atoms with Crippen molar-refractivity contribution < 1.29 is 14.3 Å². The number of ether oxygens (including phenoxy) is 2. The SMILES string of the molecule is COc1cccc(CN(CC2CCCO2)C(=O)[C@H](C)N)c1. The third-order valence-electron chi connectivity index (χ3n) is 3.66. The maximum absolute atomic E-state index is 12.3. The molecule has 2 rings (SSSR count). The van der Waals surface area contributed by atoms with E-state index in [1.807, 2.05) is 24.3 Å². The summed E-state index contributed by atoms with van der Waals surface area (Å²) in [5.41, 5.74) is 6.79. The Morgan fingerprint density at radius 2 is 2.38 bits per heavy atom. The van der Waals surface area contributed by atoms with Crippen LogP contribution in [-0.2, 0) is 16.1 Å². The predicted octanol–water partition coefficient (Wildman–Crippen LogP) is 1.55. The fourth-order valence-corrected chi connectivity index (χ4v) is 2.55. The highest BCUT2D eigenvalue weighted by Crippen LogP contribution is 2.18. The predicted molar refractivity (Wildman–Crippen MR) is 81.0 cm³/mol. The Bertz CT molecular complexity index is 470. The molecule has 1 aliphatic rings. The molecule has 2 atom stereocenters. The number of amides is 1. The second-order valence-corrected chi connectivity index (χ2v) is 5.49. The molecular weight excluding hydrogens is 268 g/mol. The van der Waals surface area contributed by atoms with Crippen LogP contribution in [0.2, 0.25) is 0 Å². The molecule has 0 radical (unpaired) electrons. The summed E-state index contributed by atoms with van der Waals surface area (Å²) in [6, 6.07) is 7.24. The molecule has 1 amide bonds. The highest BCUT2D eigenvalue weighted by molar-refractivity contribution is 5.81. The van der Waals surface area contributed by atoms with Crippen LogP contribution in [-0.4, -0.2) is 43.2 Å². The van der Waals surface area contributed by atoms with Gasteiger partial charge in [-0.2, -0.15) is 0 Å². The molecule has 1 unspecified atom stereocenters. The topological polar surface area (TPSA) is 64.8 Å². The van der Waals surface area contributed by atoms with E-state index in [2.05, 4.69) is 0 Å². The summed E-state index contributed by atoms with van der Waals surface area (Å²) in [7, 11) is 1.64. The van der Waals surface area contributed by atoms with E-state index in [1.54, 1.807) is 18.9 Å². The highest BCUT2D eigenvalue weighted by Gasteiger charge is 2.24. The van der Waals surface area contributed by atoms with Gasteiger partial charge in [-0.05, 0) is 37.5 Å². The van der Waals surface area contributed by atoms with Crippen molar-refractivity contribution in [2.24, 2.45) is 5.73 Å². The fraction of sp³-hybridized carbons (Fsp3) is 0.562. The number of methoxy groups -OCH3 is 1. The molecular formula is C16H24N2O3. The Hall–Kier alpha value is -1.59. The quantitative estimate of drug-likeness (QED) is 0.864. The number of hydrogen-bond acceptors (Lipinski definition) is 4. The van der Waals surface area contributed by atoms with E-state index in [9.17, 15) is 4.79 Å². The Labute approximate surface area is 126 Å². The first kappa shape index (κ1) is 15.8. The van der Waals surface area contributed by atoms with E-state index in [0.29, 0.717) is 13.1 Å². The van der Waals surface area contributed by atoms with Crippen LogP contribution >= 0.6 is 0 Å². The van der Waals surface area contributed by atoms with Gasteiger partial charge in [0.15, 0.2) is 0 Å². The number of nitrogens with zero attached hydrogens (tertiary/aromatic N) is 1. The molecule has 0 spiro atoms. The van der Waals surface area contributed by atoms with Gasteiger partial charge in [-0.25, -0.2) is 0 Å². The number of carbonyl (C=O) groups is 1. The van der Waals surface area contributed by atoms with Crippen LogP contribution in [0, 0.1) is 0 Å². The van der Waals surface area contributed by atoms with Crippen molar-refractivity contribution in [3.8, 4) is 5.75 Å². The fourth-order valence-electron chi connectivity index (χ4n) is 2.55. The van der Waals surface area contributed by atoms with Crippen molar-refractivity contribution in [2.45, 2.75) is 38.5 Å². The molecule has 0 aromatic heterocycles.